The normalized spacial score (nSPS) is 11.9. The third kappa shape index (κ3) is 7.65. The van der Waals surface area contributed by atoms with Gasteiger partial charge < -0.3 is 9.47 Å². The quantitative estimate of drug-likeness (QED) is 0.304. The summed E-state index contributed by atoms with van der Waals surface area (Å²) in [5, 5.41) is 0. The first-order valence-corrected chi connectivity index (χ1v) is 9.04. The largest absolute Gasteiger partial charge is 0.465 e. The zero-order chi connectivity index (χ0) is 25.8. The Morgan fingerprint density at radius 3 is 1.36 bits per heavy atom. The van der Waals surface area contributed by atoms with Crippen molar-refractivity contribution < 1.29 is 58.6 Å². The summed E-state index contributed by atoms with van der Waals surface area (Å²) < 4.78 is 120. The van der Waals surface area contributed by atoms with Gasteiger partial charge in [0.25, 0.3) is 0 Å². The summed E-state index contributed by atoms with van der Waals surface area (Å²) in [4.78, 5) is 22.0. The van der Waals surface area contributed by atoms with Crippen molar-refractivity contribution in [1.29, 1.82) is 0 Å². The predicted octanol–water partition coefficient (Wildman–Crippen LogP) is 6.77. The molecule has 0 saturated heterocycles. The zero-order valence-electron chi connectivity index (χ0n) is 16.4. The average Bonchev–Trinajstić information content (AvgIpc) is 2.70. The fourth-order valence-electron chi connectivity index (χ4n) is 2.26. The Bertz CT molecular complexity index is 1010. The van der Waals surface area contributed by atoms with Crippen LogP contribution in [-0.2, 0) is 28.0 Å². The van der Waals surface area contributed by atoms with E-state index in [0.717, 1.165) is 26.4 Å². The molecular weight excluding hydrogens is 543 g/mol. The van der Waals surface area contributed by atoms with E-state index >= 15 is 0 Å². The fourth-order valence-corrected chi connectivity index (χ4v) is 2.73. The van der Waals surface area contributed by atoms with Gasteiger partial charge in [-0.15, -0.1) is 0 Å². The molecule has 0 saturated carbocycles. The smallest absolute Gasteiger partial charge is 0.417 e. The second-order valence-corrected chi connectivity index (χ2v) is 6.79. The molecule has 0 aliphatic rings. The molecule has 0 amide bonds. The summed E-state index contributed by atoms with van der Waals surface area (Å²) in [5.74, 6) is -1.94. The maximum Gasteiger partial charge on any atom is 0.417 e. The van der Waals surface area contributed by atoms with E-state index in [-0.39, 0.29) is 22.2 Å². The molecule has 182 valence electrons. The van der Waals surface area contributed by atoms with Gasteiger partial charge >= 0.3 is 30.5 Å². The first-order valence-electron chi connectivity index (χ1n) is 8.25. The van der Waals surface area contributed by atoms with Crippen LogP contribution < -0.4 is 0 Å². The zero-order valence-corrected chi connectivity index (χ0v) is 18.0. The Labute approximate surface area is 188 Å². The van der Waals surface area contributed by atoms with E-state index in [1.165, 1.54) is 6.07 Å². The van der Waals surface area contributed by atoms with Crippen LogP contribution in [0.1, 0.15) is 37.4 Å². The van der Waals surface area contributed by atoms with Crippen molar-refractivity contribution in [3.05, 3.63) is 68.7 Å². The Kier molecular flexibility index (Phi) is 8.94. The standard InChI is InChI=1S/C10H6F6O2.C9H6BrF3O2/c1-18-8(17)5-2-3-6(9(11,12)13)7(4-5)10(14,15)16;1-15-8(14)5-2-3-7(10)6(4-5)9(11,12)13/h2-4H,1H3;2-4H,1H3. The number of carbonyl (C=O) groups is 2. The molecule has 33 heavy (non-hydrogen) atoms. The van der Waals surface area contributed by atoms with Gasteiger partial charge in [-0.05, 0) is 36.4 Å². The van der Waals surface area contributed by atoms with Crippen LogP contribution in [0.2, 0.25) is 0 Å². The molecule has 2 rings (SSSR count). The van der Waals surface area contributed by atoms with E-state index in [1.807, 2.05) is 0 Å². The molecule has 0 aromatic heterocycles. The molecule has 0 radical (unpaired) electrons. The summed E-state index contributed by atoms with van der Waals surface area (Å²) in [5.41, 5.74) is -5.39. The van der Waals surface area contributed by atoms with Crippen molar-refractivity contribution in [3.63, 3.8) is 0 Å². The average molecular weight is 555 g/mol. The molecule has 0 aliphatic carbocycles. The third-order valence-corrected chi connectivity index (χ3v) is 4.44. The van der Waals surface area contributed by atoms with Crippen molar-refractivity contribution in [1.82, 2.24) is 0 Å². The number of alkyl halides is 9. The number of esters is 2. The number of ether oxygens (including phenoxy) is 2. The predicted molar refractivity (Wildman–Crippen MR) is 98.3 cm³/mol. The highest BCUT2D eigenvalue weighted by Gasteiger charge is 2.43. The molecule has 0 bridgehead atoms. The minimum Gasteiger partial charge on any atom is -0.465 e. The molecule has 2 aromatic rings. The highest BCUT2D eigenvalue weighted by atomic mass is 79.9. The third-order valence-electron chi connectivity index (χ3n) is 3.74. The molecule has 0 unspecified atom stereocenters. The summed E-state index contributed by atoms with van der Waals surface area (Å²) in [7, 11) is 2.02. The van der Waals surface area contributed by atoms with Gasteiger partial charge in [-0.25, -0.2) is 9.59 Å². The first-order chi connectivity index (χ1) is 14.9. The van der Waals surface area contributed by atoms with Crippen molar-refractivity contribution in [3.8, 4) is 0 Å². The SMILES string of the molecule is COC(=O)c1ccc(Br)c(C(F)(F)F)c1.COC(=O)c1ccc(C(F)(F)F)c(C(F)(F)F)c1. The topological polar surface area (TPSA) is 52.6 Å². The van der Waals surface area contributed by atoms with Crippen LogP contribution in [0.5, 0.6) is 0 Å². The first kappa shape index (κ1) is 28.3. The van der Waals surface area contributed by atoms with Crippen LogP contribution in [0.25, 0.3) is 0 Å². The molecule has 0 aliphatic heterocycles. The number of carbonyl (C=O) groups excluding carboxylic acids is 2. The second-order valence-electron chi connectivity index (χ2n) is 5.93. The van der Waals surface area contributed by atoms with E-state index in [1.54, 1.807) is 0 Å². The molecule has 0 fully saturated rings. The molecule has 14 heteroatoms. The molecule has 4 nitrogen and oxygen atoms in total. The van der Waals surface area contributed by atoms with Gasteiger partial charge in [0.15, 0.2) is 0 Å². The number of rotatable bonds is 2. The van der Waals surface area contributed by atoms with Gasteiger partial charge in [-0.1, -0.05) is 15.9 Å². The summed E-state index contributed by atoms with van der Waals surface area (Å²) in [6.45, 7) is 0. The minimum atomic E-state index is -5.21. The van der Waals surface area contributed by atoms with Crippen LogP contribution in [0.15, 0.2) is 40.9 Å². The van der Waals surface area contributed by atoms with Gasteiger partial charge in [0.2, 0.25) is 0 Å². The van der Waals surface area contributed by atoms with E-state index in [2.05, 4.69) is 25.4 Å². The van der Waals surface area contributed by atoms with Gasteiger partial charge in [-0.2, -0.15) is 39.5 Å². The van der Waals surface area contributed by atoms with Crippen LogP contribution >= 0.6 is 15.9 Å². The van der Waals surface area contributed by atoms with E-state index < -0.39 is 52.7 Å². The molecular formula is C19H12BrF9O4. The second kappa shape index (κ2) is 10.4. The lowest BCUT2D eigenvalue weighted by atomic mass is 10.0. The lowest BCUT2D eigenvalue weighted by Crippen LogP contribution is -2.17. The van der Waals surface area contributed by atoms with Crippen LogP contribution in [0, 0.1) is 0 Å². The van der Waals surface area contributed by atoms with E-state index in [9.17, 15) is 49.1 Å². The number of halogens is 10. The van der Waals surface area contributed by atoms with Crippen molar-refractivity contribution >= 4 is 27.9 Å². The van der Waals surface area contributed by atoms with Crippen LogP contribution in [0.4, 0.5) is 39.5 Å². The van der Waals surface area contributed by atoms with Crippen molar-refractivity contribution in [2.45, 2.75) is 18.5 Å². The minimum absolute atomic E-state index is 0.109. The van der Waals surface area contributed by atoms with E-state index in [0.29, 0.717) is 6.07 Å². The molecule has 0 heterocycles. The number of hydrogen-bond donors (Lipinski definition) is 0. The Morgan fingerprint density at radius 2 is 1.00 bits per heavy atom. The van der Waals surface area contributed by atoms with Crippen LogP contribution in [0.3, 0.4) is 0 Å². The lowest BCUT2D eigenvalue weighted by molar-refractivity contribution is -0.162. The molecule has 0 spiro atoms. The maximum atomic E-state index is 12.5. The lowest BCUT2D eigenvalue weighted by Gasteiger charge is -2.16. The summed E-state index contributed by atoms with van der Waals surface area (Å²) >= 11 is 2.77. The van der Waals surface area contributed by atoms with Crippen LogP contribution in [-0.4, -0.2) is 26.2 Å². The molecule has 0 atom stereocenters. The number of benzene rings is 2. The Morgan fingerprint density at radius 1 is 0.636 bits per heavy atom. The van der Waals surface area contributed by atoms with E-state index in [4.69, 9.17) is 0 Å². The molecule has 2 aromatic carbocycles. The summed E-state index contributed by atoms with van der Waals surface area (Å²) in [6, 6.07) is 4.11. The Hall–Kier alpha value is -2.77. The fraction of sp³-hybridized carbons (Fsp3) is 0.263. The molecule has 0 N–H and O–H groups in total. The van der Waals surface area contributed by atoms with Gasteiger partial charge in [0, 0.05) is 4.47 Å². The highest BCUT2D eigenvalue weighted by Crippen LogP contribution is 2.40. The monoisotopic (exact) mass is 554 g/mol. The Balaban J connectivity index is 0.000000335. The number of hydrogen-bond acceptors (Lipinski definition) is 4. The van der Waals surface area contributed by atoms with Crippen molar-refractivity contribution in [2.24, 2.45) is 0 Å². The summed E-state index contributed by atoms with van der Waals surface area (Å²) in [6.07, 6.45) is -14.9. The van der Waals surface area contributed by atoms with Gasteiger partial charge in [0.1, 0.15) is 0 Å². The highest BCUT2D eigenvalue weighted by molar-refractivity contribution is 9.10. The number of methoxy groups -OCH3 is 2. The van der Waals surface area contributed by atoms with Crippen molar-refractivity contribution in [2.75, 3.05) is 14.2 Å². The van der Waals surface area contributed by atoms with Gasteiger partial charge in [-0.3, -0.25) is 0 Å². The van der Waals surface area contributed by atoms with Gasteiger partial charge in [0.05, 0.1) is 42.0 Å². The maximum absolute atomic E-state index is 12.5.